The predicted octanol–water partition coefficient (Wildman–Crippen LogP) is 2.35. The number of carbonyl (C=O) groups excluding carboxylic acids is 1. The van der Waals surface area contributed by atoms with E-state index in [1.807, 2.05) is 28.8 Å². The Labute approximate surface area is 142 Å². The maximum atomic E-state index is 12.9. The smallest absolute Gasteiger partial charge is 0.231 e. The molecule has 6 nitrogen and oxygen atoms in total. The van der Waals surface area contributed by atoms with E-state index in [1.54, 1.807) is 0 Å². The second-order valence-electron chi connectivity index (χ2n) is 6.95. The van der Waals surface area contributed by atoms with Gasteiger partial charge in [0.2, 0.25) is 11.9 Å². The molecule has 6 heteroatoms. The number of piperidine rings is 1. The summed E-state index contributed by atoms with van der Waals surface area (Å²) in [5.41, 5.74) is 0.855. The van der Waals surface area contributed by atoms with E-state index in [9.17, 15) is 4.79 Å². The molecular formula is C18H25N5O. The highest BCUT2D eigenvalue weighted by Crippen LogP contribution is 2.24. The Hall–Kier alpha value is -2.11. The van der Waals surface area contributed by atoms with Crippen LogP contribution < -0.4 is 4.90 Å². The maximum Gasteiger partial charge on any atom is 0.231 e. The molecule has 2 fully saturated rings. The minimum atomic E-state index is 0.0907. The van der Waals surface area contributed by atoms with E-state index in [-0.39, 0.29) is 5.92 Å². The molecule has 4 heterocycles. The van der Waals surface area contributed by atoms with Crippen LogP contribution in [0.15, 0.2) is 24.4 Å². The van der Waals surface area contributed by atoms with Crippen molar-refractivity contribution in [3.63, 3.8) is 0 Å². The van der Waals surface area contributed by atoms with Crippen LogP contribution in [-0.2, 0) is 4.79 Å². The van der Waals surface area contributed by atoms with Crippen LogP contribution in [0.4, 0.5) is 5.95 Å². The average molecular weight is 327 g/mol. The van der Waals surface area contributed by atoms with Crippen LogP contribution in [-0.4, -0.2) is 51.6 Å². The number of amides is 1. The van der Waals surface area contributed by atoms with Gasteiger partial charge in [-0.3, -0.25) is 9.20 Å². The first-order chi connectivity index (χ1) is 11.8. The van der Waals surface area contributed by atoms with Crippen molar-refractivity contribution in [3.8, 4) is 0 Å². The van der Waals surface area contributed by atoms with E-state index in [1.165, 1.54) is 12.8 Å². The second kappa shape index (κ2) is 6.79. The molecule has 2 aliphatic heterocycles. The number of aromatic nitrogens is 3. The van der Waals surface area contributed by atoms with E-state index < -0.39 is 0 Å². The lowest BCUT2D eigenvalue weighted by molar-refractivity contribution is -0.135. The Morgan fingerprint density at radius 2 is 1.83 bits per heavy atom. The highest BCUT2D eigenvalue weighted by atomic mass is 16.2. The molecular weight excluding hydrogens is 302 g/mol. The molecule has 2 saturated heterocycles. The molecule has 0 unspecified atom stereocenters. The van der Waals surface area contributed by atoms with Crippen molar-refractivity contribution in [1.29, 1.82) is 0 Å². The first kappa shape index (κ1) is 15.4. The van der Waals surface area contributed by atoms with Gasteiger partial charge in [0.05, 0.1) is 5.92 Å². The SMILES string of the molecule is O=C([C@H]1CCCN(c2nnc3ccccn23)C1)N1CCCCCC1. The second-order valence-corrected chi connectivity index (χ2v) is 6.95. The molecule has 1 amide bonds. The number of hydrogen-bond acceptors (Lipinski definition) is 4. The summed E-state index contributed by atoms with van der Waals surface area (Å²) in [6.07, 6.45) is 8.83. The van der Waals surface area contributed by atoms with Crippen molar-refractivity contribution in [2.75, 3.05) is 31.1 Å². The van der Waals surface area contributed by atoms with Crippen molar-refractivity contribution < 1.29 is 4.79 Å². The van der Waals surface area contributed by atoms with Gasteiger partial charge in [0.1, 0.15) is 0 Å². The van der Waals surface area contributed by atoms with Crippen LogP contribution in [0.2, 0.25) is 0 Å². The maximum absolute atomic E-state index is 12.9. The lowest BCUT2D eigenvalue weighted by atomic mass is 9.96. The van der Waals surface area contributed by atoms with Gasteiger partial charge in [-0.05, 0) is 37.8 Å². The number of nitrogens with zero attached hydrogens (tertiary/aromatic N) is 5. The summed E-state index contributed by atoms with van der Waals surface area (Å²) in [4.78, 5) is 17.3. The Bertz CT molecular complexity index is 704. The molecule has 128 valence electrons. The van der Waals surface area contributed by atoms with Gasteiger partial charge < -0.3 is 9.80 Å². The van der Waals surface area contributed by atoms with Gasteiger partial charge in [0.15, 0.2) is 5.65 Å². The van der Waals surface area contributed by atoms with Crippen molar-refractivity contribution in [2.24, 2.45) is 5.92 Å². The van der Waals surface area contributed by atoms with Gasteiger partial charge in [0, 0.05) is 32.4 Å². The molecule has 0 spiro atoms. The number of carbonyl (C=O) groups is 1. The fraction of sp³-hybridized carbons (Fsp3) is 0.611. The van der Waals surface area contributed by atoms with Crippen molar-refractivity contribution >= 4 is 17.5 Å². The number of likely N-dealkylation sites (tertiary alicyclic amines) is 1. The quantitative estimate of drug-likeness (QED) is 0.850. The third-order valence-corrected chi connectivity index (χ3v) is 5.27. The van der Waals surface area contributed by atoms with E-state index >= 15 is 0 Å². The van der Waals surface area contributed by atoms with Gasteiger partial charge >= 0.3 is 0 Å². The monoisotopic (exact) mass is 327 g/mol. The molecule has 0 saturated carbocycles. The molecule has 0 aromatic carbocycles. The Morgan fingerprint density at radius 3 is 2.67 bits per heavy atom. The van der Waals surface area contributed by atoms with Gasteiger partial charge in [-0.25, -0.2) is 0 Å². The Morgan fingerprint density at radius 1 is 1.00 bits per heavy atom. The summed E-state index contributed by atoms with van der Waals surface area (Å²) in [5.74, 6) is 1.29. The zero-order valence-corrected chi connectivity index (χ0v) is 14.1. The van der Waals surface area contributed by atoms with Crippen molar-refractivity contribution in [2.45, 2.75) is 38.5 Å². The molecule has 4 rings (SSSR count). The predicted molar refractivity (Wildman–Crippen MR) is 93.0 cm³/mol. The molecule has 2 aromatic rings. The topological polar surface area (TPSA) is 53.7 Å². The Balaban J connectivity index is 1.50. The van der Waals surface area contributed by atoms with E-state index in [0.717, 1.165) is 63.5 Å². The minimum Gasteiger partial charge on any atom is -0.342 e. The molecule has 1 atom stereocenters. The number of fused-ring (bicyclic) bond motifs is 1. The highest BCUT2D eigenvalue weighted by Gasteiger charge is 2.31. The standard InChI is InChI=1S/C18H25N5O/c24-17(21-10-4-1-2-5-11-21)15-8-7-12-22(14-15)18-20-19-16-9-3-6-13-23(16)18/h3,6,9,13,15H,1-2,4-5,7-8,10-12,14H2/t15-/m0/s1. The van der Waals surface area contributed by atoms with Crippen molar-refractivity contribution in [1.82, 2.24) is 19.5 Å². The Kier molecular flexibility index (Phi) is 4.36. The molecule has 2 aromatic heterocycles. The molecule has 0 radical (unpaired) electrons. The van der Waals surface area contributed by atoms with Gasteiger partial charge in [-0.2, -0.15) is 0 Å². The minimum absolute atomic E-state index is 0.0907. The number of pyridine rings is 1. The van der Waals surface area contributed by atoms with Crippen LogP contribution in [0.3, 0.4) is 0 Å². The summed E-state index contributed by atoms with van der Waals surface area (Å²) < 4.78 is 2.01. The third kappa shape index (κ3) is 2.97. The zero-order chi connectivity index (χ0) is 16.4. The van der Waals surface area contributed by atoms with E-state index in [0.29, 0.717) is 5.91 Å². The molecule has 0 aliphatic carbocycles. The molecule has 2 aliphatic rings. The number of hydrogen-bond donors (Lipinski definition) is 0. The summed E-state index contributed by atoms with van der Waals surface area (Å²) in [6.45, 7) is 3.57. The van der Waals surface area contributed by atoms with Crippen LogP contribution in [0.1, 0.15) is 38.5 Å². The van der Waals surface area contributed by atoms with E-state index in [4.69, 9.17) is 0 Å². The fourth-order valence-corrected chi connectivity index (χ4v) is 3.95. The number of anilines is 1. The van der Waals surface area contributed by atoms with Crippen LogP contribution in [0.5, 0.6) is 0 Å². The first-order valence-corrected chi connectivity index (χ1v) is 9.16. The summed E-state index contributed by atoms with van der Waals surface area (Å²) in [7, 11) is 0. The van der Waals surface area contributed by atoms with Crippen molar-refractivity contribution in [3.05, 3.63) is 24.4 Å². The average Bonchev–Trinajstić information content (AvgIpc) is 2.87. The summed E-state index contributed by atoms with van der Waals surface area (Å²) in [6, 6.07) is 5.92. The fourth-order valence-electron chi connectivity index (χ4n) is 3.95. The van der Waals surface area contributed by atoms with Crippen LogP contribution >= 0.6 is 0 Å². The van der Waals surface area contributed by atoms with Crippen LogP contribution in [0, 0.1) is 5.92 Å². The lowest BCUT2D eigenvalue weighted by Crippen LogP contribution is -2.45. The first-order valence-electron chi connectivity index (χ1n) is 9.16. The highest BCUT2D eigenvalue weighted by molar-refractivity contribution is 5.79. The summed E-state index contributed by atoms with van der Waals surface area (Å²) >= 11 is 0. The van der Waals surface area contributed by atoms with Gasteiger partial charge in [-0.15, -0.1) is 10.2 Å². The van der Waals surface area contributed by atoms with E-state index in [2.05, 4.69) is 20.0 Å². The molecule has 0 bridgehead atoms. The van der Waals surface area contributed by atoms with Gasteiger partial charge in [-0.1, -0.05) is 18.9 Å². The third-order valence-electron chi connectivity index (χ3n) is 5.27. The zero-order valence-electron chi connectivity index (χ0n) is 14.1. The number of rotatable bonds is 2. The largest absolute Gasteiger partial charge is 0.342 e. The molecule has 24 heavy (non-hydrogen) atoms. The summed E-state index contributed by atoms with van der Waals surface area (Å²) in [5, 5.41) is 8.60. The van der Waals surface area contributed by atoms with Crippen LogP contribution in [0.25, 0.3) is 5.65 Å². The lowest BCUT2D eigenvalue weighted by Gasteiger charge is -2.34. The normalized spacial score (nSPS) is 22.6. The van der Waals surface area contributed by atoms with Gasteiger partial charge in [0.25, 0.3) is 0 Å². The molecule has 0 N–H and O–H groups in total.